The van der Waals surface area contributed by atoms with E-state index in [0.717, 1.165) is 0 Å². The summed E-state index contributed by atoms with van der Waals surface area (Å²) in [7, 11) is 0. The molecule has 11 heavy (non-hydrogen) atoms. The van der Waals surface area contributed by atoms with Gasteiger partial charge in [0.25, 0.3) is 0 Å². The van der Waals surface area contributed by atoms with Crippen molar-refractivity contribution >= 4 is 5.91 Å². The molecule has 0 saturated heterocycles. The Morgan fingerprint density at radius 2 is 2.09 bits per heavy atom. The van der Waals surface area contributed by atoms with Crippen LogP contribution in [0.25, 0.3) is 0 Å². The number of carbonyl (C=O) groups is 1. The molecule has 0 rings (SSSR count). The summed E-state index contributed by atoms with van der Waals surface area (Å²) in [6, 6.07) is 0. The van der Waals surface area contributed by atoms with Crippen molar-refractivity contribution in [1.29, 1.82) is 0 Å². The second-order valence-corrected chi connectivity index (χ2v) is 2.10. The molecule has 1 N–H and O–H groups in total. The van der Waals surface area contributed by atoms with Gasteiger partial charge in [0.1, 0.15) is 6.17 Å². The zero-order valence-corrected chi connectivity index (χ0v) is 6.60. The lowest BCUT2D eigenvalue weighted by Gasteiger charge is -2.15. The van der Waals surface area contributed by atoms with Crippen molar-refractivity contribution in [3.05, 3.63) is 0 Å². The van der Waals surface area contributed by atoms with Crippen molar-refractivity contribution in [2.75, 3.05) is 0 Å². The molecule has 0 aliphatic carbocycles. The average Bonchev–Trinajstić information content (AvgIpc) is 1.99. The molecule has 0 spiro atoms. The summed E-state index contributed by atoms with van der Waals surface area (Å²) >= 11 is 0. The van der Waals surface area contributed by atoms with E-state index in [0.29, 0.717) is 0 Å². The Morgan fingerprint density at radius 1 is 1.55 bits per heavy atom. The van der Waals surface area contributed by atoms with Gasteiger partial charge in [0.2, 0.25) is 5.91 Å². The van der Waals surface area contributed by atoms with Crippen LogP contribution >= 0.6 is 0 Å². The summed E-state index contributed by atoms with van der Waals surface area (Å²) in [6.07, 6.45) is -0.731. The molecule has 5 heteroatoms. The minimum absolute atomic E-state index is 0.193. The van der Waals surface area contributed by atoms with E-state index in [1.807, 2.05) is 0 Å². The molecular weight excluding hydrogens is 154 g/mol. The minimum atomic E-state index is -1.15. The predicted molar refractivity (Wildman–Crippen MR) is 36.6 cm³/mol. The molecule has 3 nitrogen and oxygen atoms in total. The van der Waals surface area contributed by atoms with Crippen LogP contribution in [0, 0.1) is 0 Å². The molecule has 0 radical (unpaired) electrons. The standard InChI is InChI=1S/C6H12F2N2O/c1-3-5(10(7)8)9-6(11)4-2/h5H,3-4H2,1-2H3,(H,9,11). The van der Waals surface area contributed by atoms with Crippen LogP contribution in [-0.4, -0.2) is 17.4 Å². The molecule has 1 unspecified atom stereocenters. The van der Waals surface area contributed by atoms with E-state index in [1.54, 1.807) is 13.8 Å². The van der Waals surface area contributed by atoms with E-state index < -0.39 is 11.5 Å². The highest BCUT2D eigenvalue weighted by Gasteiger charge is 2.16. The van der Waals surface area contributed by atoms with Crippen molar-refractivity contribution in [3.8, 4) is 0 Å². The van der Waals surface area contributed by atoms with Gasteiger partial charge in [-0.3, -0.25) is 4.79 Å². The summed E-state index contributed by atoms with van der Waals surface area (Å²) in [6.45, 7) is 3.19. The number of nitrogens with one attached hydrogen (secondary N) is 1. The lowest BCUT2D eigenvalue weighted by atomic mass is 10.3. The van der Waals surface area contributed by atoms with E-state index in [4.69, 9.17) is 0 Å². The summed E-state index contributed by atoms with van der Waals surface area (Å²) < 4.78 is 23.6. The van der Waals surface area contributed by atoms with Gasteiger partial charge < -0.3 is 5.32 Å². The third kappa shape index (κ3) is 3.87. The molecule has 0 aliphatic heterocycles. The molecule has 0 saturated carbocycles. The zero-order valence-electron chi connectivity index (χ0n) is 6.60. The predicted octanol–water partition coefficient (Wildman–Crippen LogP) is 1.32. The molecule has 0 fully saturated rings. The molecule has 0 aromatic carbocycles. The Hall–Kier alpha value is -0.710. The van der Waals surface area contributed by atoms with Crippen LogP contribution in [0.15, 0.2) is 0 Å². The number of hydrogen-bond acceptors (Lipinski definition) is 2. The topological polar surface area (TPSA) is 32.3 Å². The highest BCUT2D eigenvalue weighted by Crippen LogP contribution is 2.01. The highest BCUT2D eigenvalue weighted by molar-refractivity contribution is 5.75. The molecule has 0 aromatic heterocycles. The number of nitrogens with zero attached hydrogens (tertiary/aromatic N) is 1. The molecule has 66 valence electrons. The third-order valence-corrected chi connectivity index (χ3v) is 1.27. The Bertz CT molecular complexity index is 130. The van der Waals surface area contributed by atoms with Crippen molar-refractivity contribution in [2.45, 2.75) is 32.9 Å². The van der Waals surface area contributed by atoms with Gasteiger partial charge in [-0.05, 0) is 6.42 Å². The molecule has 1 atom stereocenters. The van der Waals surface area contributed by atoms with Crippen LogP contribution in [0.2, 0.25) is 0 Å². The van der Waals surface area contributed by atoms with Crippen molar-refractivity contribution < 1.29 is 13.8 Å². The maximum absolute atomic E-state index is 11.8. The van der Waals surface area contributed by atoms with Crippen LogP contribution in [0.1, 0.15) is 26.7 Å². The SMILES string of the molecule is CCC(=O)NC(CC)N(F)F. The number of carbonyl (C=O) groups excluding carboxylic acids is 1. The van der Waals surface area contributed by atoms with E-state index in [1.165, 1.54) is 0 Å². The quantitative estimate of drug-likeness (QED) is 0.504. The summed E-state index contributed by atoms with van der Waals surface area (Å²) in [5, 5.41) is 1.16. The lowest BCUT2D eigenvalue weighted by Crippen LogP contribution is -2.40. The number of halogens is 2. The van der Waals surface area contributed by atoms with Crippen LogP contribution in [0.3, 0.4) is 0 Å². The number of hydrogen-bond donors (Lipinski definition) is 1. The Balaban J connectivity index is 3.78. The van der Waals surface area contributed by atoms with E-state index in [9.17, 15) is 13.8 Å². The molecule has 0 bridgehead atoms. The number of amides is 1. The number of rotatable bonds is 4. The first-order valence-electron chi connectivity index (χ1n) is 3.52. The first-order chi connectivity index (χ1) is 5.11. The van der Waals surface area contributed by atoms with E-state index in [-0.39, 0.29) is 18.7 Å². The van der Waals surface area contributed by atoms with Gasteiger partial charge in [-0.2, -0.15) is 0 Å². The van der Waals surface area contributed by atoms with Crippen LogP contribution < -0.4 is 5.32 Å². The van der Waals surface area contributed by atoms with Crippen molar-refractivity contribution in [1.82, 2.24) is 10.7 Å². The fourth-order valence-electron chi connectivity index (χ4n) is 0.577. The summed E-state index contributed by atoms with van der Waals surface area (Å²) in [5.74, 6) is -0.364. The van der Waals surface area contributed by atoms with Gasteiger partial charge in [0.15, 0.2) is 0 Å². The van der Waals surface area contributed by atoms with Crippen molar-refractivity contribution in [2.24, 2.45) is 0 Å². The molecule has 0 aliphatic rings. The van der Waals surface area contributed by atoms with E-state index >= 15 is 0 Å². The lowest BCUT2D eigenvalue weighted by molar-refractivity contribution is -0.197. The van der Waals surface area contributed by atoms with Gasteiger partial charge in [-0.15, -0.1) is 0 Å². The van der Waals surface area contributed by atoms with Crippen LogP contribution in [0.5, 0.6) is 0 Å². The van der Waals surface area contributed by atoms with Crippen molar-refractivity contribution in [3.63, 3.8) is 0 Å². The second kappa shape index (κ2) is 5.01. The van der Waals surface area contributed by atoms with Gasteiger partial charge in [-0.1, -0.05) is 22.8 Å². The molecular formula is C6H12F2N2O. The average molecular weight is 166 g/mol. The molecule has 0 heterocycles. The van der Waals surface area contributed by atoms with Crippen LogP contribution in [-0.2, 0) is 4.79 Å². The maximum Gasteiger partial charge on any atom is 0.221 e. The fourth-order valence-corrected chi connectivity index (χ4v) is 0.577. The largest absolute Gasteiger partial charge is 0.336 e. The van der Waals surface area contributed by atoms with Gasteiger partial charge >= 0.3 is 0 Å². The monoisotopic (exact) mass is 166 g/mol. The Kier molecular flexibility index (Phi) is 4.69. The fraction of sp³-hybridized carbons (Fsp3) is 0.833. The van der Waals surface area contributed by atoms with Crippen LogP contribution in [0.4, 0.5) is 8.96 Å². The molecule has 0 aromatic rings. The highest BCUT2D eigenvalue weighted by atomic mass is 19.4. The molecule has 1 amide bonds. The first kappa shape index (κ1) is 10.3. The van der Waals surface area contributed by atoms with Gasteiger partial charge in [-0.25, -0.2) is 0 Å². The van der Waals surface area contributed by atoms with E-state index in [2.05, 4.69) is 5.32 Å². The first-order valence-corrected chi connectivity index (χ1v) is 3.52. The minimum Gasteiger partial charge on any atom is -0.336 e. The normalized spacial score (nSPS) is 13.2. The maximum atomic E-state index is 11.8. The third-order valence-electron chi connectivity index (χ3n) is 1.27. The second-order valence-electron chi connectivity index (χ2n) is 2.10. The zero-order chi connectivity index (χ0) is 8.85. The van der Waals surface area contributed by atoms with Gasteiger partial charge in [0, 0.05) is 11.8 Å². The summed E-state index contributed by atoms with van der Waals surface area (Å²) in [5.41, 5.74) is 0. The Morgan fingerprint density at radius 3 is 2.36 bits per heavy atom. The smallest absolute Gasteiger partial charge is 0.221 e. The van der Waals surface area contributed by atoms with Gasteiger partial charge in [0.05, 0.1) is 0 Å². The Labute approximate surface area is 64.2 Å². The summed E-state index contributed by atoms with van der Waals surface area (Å²) in [4.78, 5) is 10.6.